The molecule has 0 saturated heterocycles. The summed E-state index contributed by atoms with van der Waals surface area (Å²) >= 11 is 0. The maximum absolute atomic E-state index is 4.19. The highest BCUT2D eigenvalue weighted by Gasteiger charge is 2.08. The molecule has 0 atom stereocenters. The van der Waals surface area contributed by atoms with Crippen molar-refractivity contribution in [3.05, 3.63) is 23.8 Å². The maximum atomic E-state index is 4.19. The number of hydrogen-bond donors (Lipinski definition) is 0. The van der Waals surface area contributed by atoms with E-state index in [9.17, 15) is 0 Å². The Morgan fingerprint density at radius 3 is 2.56 bits per heavy atom. The Labute approximate surface area is 114 Å². The summed E-state index contributed by atoms with van der Waals surface area (Å²) in [7, 11) is 6.16. The molecule has 0 bridgehead atoms. The van der Waals surface area contributed by atoms with Gasteiger partial charge >= 0.3 is 0 Å². The SMILES string of the molecule is Cc1ccc2c(c1)nnn2N(C)CCN(C)C.Cl. The molecule has 100 valence electrons. The maximum Gasteiger partial charge on any atom is 0.115 e. The van der Waals surface area contributed by atoms with Crippen LogP contribution in [-0.4, -0.2) is 54.2 Å². The molecule has 1 aromatic heterocycles. The molecule has 0 amide bonds. The van der Waals surface area contributed by atoms with Crippen molar-refractivity contribution in [2.24, 2.45) is 0 Å². The van der Waals surface area contributed by atoms with Crippen molar-refractivity contribution < 1.29 is 0 Å². The first kappa shape index (κ1) is 14.7. The molecule has 5 nitrogen and oxygen atoms in total. The summed E-state index contributed by atoms with van der Waals surface area (Å²) in [5.74, 6) is 0. The normalized spacial score (nSPS) is 10.7. The van der Waals surface area contributed by atoms with Gasteiger partial charge in [-0.05, 0) is 43.9 Å². The Morgan fingerprint density at radius 1 is 1.17 bits per heavy atom. The lowest BCUT2D eigenvalue weighted by atomic mass is 10.2. The van der Waals surface area contributed by atoms with Crippen LogP contribution < -0.4 is 5.01 Å². The van der Waals surface area contributed by atoms with Gasteiger partial charge in [0, 0.05) is 20.1 Å². The van der Waals surface area contributed by atoms with E-state index in [1.807, 2.05) is 11.8 Å². The van der Waals surface area contributed by atoms with Gasteiger partial charge in [0.1, 0.15) is 11.0 Å². The summed E-state index contributed by atoms with van der Waals surface area (Å²) in [4.78, 5) is 4.01. The minimum Gasteiger partial charge on any atom is -0.308 e. The number of likely N-dealkylation sites (N-methyl/N-ethyl adjacent to an activating group) is 2. The average molecular weight is 270 g/mol. The fraction of sp³-hybridized carbons (Fsp3) is 0.500. The lowest BCUT2D eigenvalue weighted by Gasteiger charge is -2.21. The molecule has 0 radical (unpaired) electrons. The zero-order valence-corrected chi connectivity index (χ0v) is 12.1. The number of benzene rings is 1. The van der Waals surface area contributed by atoms with Gasteiger partial charge in [0.25, 0.3) is 0 Å². The summed E-state index contributed by atoms with van der Waals surface area (Å²) in [6.45, 7) is 3.97. The van der Waals surface area contributed by atoms with Crippen LogP contribution in [0, 0.1) is 6.92 Å². The Kier molecular flexibility index (Phi) is 4.93. The van der Waals surface area contributed by atoms with E-state index >= 15 is 0 Å². The Hall–Kier alpha value is -1.33. The molecule has 18 heavy (non-hydrogen) atoms. The number of rotatable bonds is 4. The molecule has 0 saturated carbocycles. The molecule has 0 N–H and O–H groups in total. The molecule has 0 unspecified atom stereocenters. The quantitative estimate of drug-likeness (QED) is 0.838. The molecule has 0 spiro atoms. The molecule has 0 aliphatic heterocycles. The zero-order chi connectivity index (χ0) is 12.4. The van der Waals surface area contributed by atoms with Gasteiger partial charge in [-0.1, -0.05) is 6.07 Å². The molecule has 2 rings (SSSR count). The number of fused-ring (bicyclic) bond motifs is 1. The van der Waals surface area contributed by atoms with E-state index < -0.39 is 0 Å². The van der Waals surface area contributed by atoms with Crippen molar-refractivity contribution in [1.29, 1.82) is 0 Å². The van der Waals surface area contributed by atoms with Crippen molar-refractivity contribution >= 4 is 23.4 Å². The van der Waals surface area contributed by atoms with Crippen molar-refractivity contribution in [3.63, 3.8) is 0 Å². The first-order valence-electron chi connectivity index (χ1n) is 5.76. The molecule has 0 aliphatic rings. The van der Waals surface area contributed by atoms with Crippen LogP contribution in [0.4, 0.5) is 0 Å². The van der Waals surface area contributed by atoms with Crippen molar-refractivity contribution in [1.82, 2.24) is 20.0 Å². The largest absolute Gasteiger partial charge is 0.308 e. The van der Waals surface area contributed by atoms with E-state index in [2.05, 4.69) is 59.4 Å². The number of halogens is 1. The number of hydrogen-bond acceptors (Lipinski definition) is 4. The van der Waals surface area contributed by atoms with Crippen LogP contribution in [0.2, 0.25) is 0 Å². The molecule has 6 heteroatoms. The topological polar surface area (TPSA) is 37.2 Å². The van der Waals surface area contributed by atoms with Gasteiger partial charge in [0.05, 0.1) is 0 Å². The highest BCUT2D eigenvalue weighted by molar-refractivity contribution is 5.85. The molecule has 0 aliphatic carbocycles. The van der Waals surface area contributed by atoms with E-state index in [-0.39, 0.29) is 12.4 Å². The first-order valence-corrected chi connectivity index (χ1v) is 5.76. The van der Waals surface area contributed by atoms with Crippen LogP contribution in [0.5, 0.6) is 0 Å². The van der Waals surface area contributed by atoms with Gasteiger partial charge in [-0.3, -0.25) is 5.01 Å². The van der Waals surface area contributed by atoms with Gasteiger partial charge in [0.2, 0.25) is 0 Å². The third-order valence-electron chi connectivity index (χ3n) is 2.78. The zero-order valence-electron chi connectivity index (χ0n) is 11.3. The second-order valence-corrected chi connectivity index (χ2v) is 4.66. The van der Waals surface area contributed by atoms with Gasteiger partial charge < -0.3 is 4.90 Å². The van der Waals surface area contributed by atoms with Crippen LogP contribution in [0.1, 0.15) is 5.56 Å². The minimum absolute atomic E-state index is 0. The molecule has 1 heterocycles. The highest BCUT2D eigenvalue weighted by Crippen LogP contribution is 2.12. The Balaban J connectivity index is 0.00000162. The standard InChI is InChI=1S/C12H19N5.ClH/c1-10-5-6-12-11(9-10)13-14-17(12)16(4)8-7-15(2)3;/h5-6,9H,7-8H2,1-4H3;1H. The Bertz CT molecular complexity index is 508. The van der Waals surface area contributed by atoms with Crippen LogP contribution in [0.25, 0.3) is 11.0 Å². The lowest BCUT2D eigenvalue weighted by molar-refractivity contribution is 0.397. The fourth-order valence-corrected chi connectivity index (χ4v) is 1.71. The summed E-state index contributed by atoms with van der Waals surface area (Å²) in [5, 5.41) is 10.4. The monoisotopic (exact) mass is 269 g/mol. The number of nitrogens with zero attached hydrogens (tertiary/aromatic N) is 5. The van der Waals surface area contributed by atoms with Crippen LogP contribution >= 0.6 is 12.4 Å². The van der Waals surface area contributed by atoms with Crippen molar-refractivity contribution in [3.8, 4) is 0 Å². The molecular weight excluding hydrogens is 250 g/mol. The van der Waals surface area contributed by atoms with E-state index in [1.165, 1.54) is 5.56 Å². The molecule has 0 fully saturated rings. The van der Waals surface area contributed by atoms with Gasteiger partial charge in [0.15, 0.2) is 0 Å². The van der Waals surface area contributed by atoms with E-state index in [4.69, 9.17) is 0 Å². The van der Waals surface area contributed by atoms with Gasteiger partial charge in [-0.25, -0.2) is 0 Å². The van der Waals surface area contributed by atoms with Gasteiger partial charge in [-0.2, -0.15) is 4.79 Å². The Morgan fingerprint density at radius 2 is 1.89 bits per heavy atom. The fourth-order valence-electron chi connectivity index (χ4n) is 1.71. The number of aromatic nitrogens is 3. The lowest BCUT2D eigenvalue weighted by Crippen LogP contribution is -2.37. The first-order chi connectivity index (χ1) is 8.08. The summed E-state index contributed by atoms with van der Waals surface area (Å²) < 4.78 is 0. The summed E-state index contributed by atoms with van der Waals surface area (Å²) in [6.07, 6.45) is 0. The predicted molar refractivity (Wildman–Crippen MR) is 77.1 cm³/mol. The highest BCUT2D eigenvalue weighted by atomic mass is 35.5. The molecule has 2 aromatic rings. The molecular formula is C12H20ClN5. The van der Waals surface area contributed by atoms with Crippen molar-refractivity contribution in [2.75, 3.05) is 39.2 Å². The van der Waals surface area contributed by atoms with E-state index in [0.717, 1.165) is 24.1 Å². The van der Waals surface area contributed by atoms with Crippen LogP contribution in [0.3, 0.4) is 0 Å². The predicted octanol–water partition coefficient (Wildman–Crippen LogP) is 1.29. The third kappa shape index (κ3) is 3.11. The second-order valence-electron chi connectivity index (χ2n) is 4.66. The second kappa shape index (κ2) is 6.02. The summed E-state index contributed by atoms with van der Waals surface area (Å²) in [5.41, 5.74) is 3.21. The van der Waals surface area contributed by atoms with Crippen LogP contribution in [0.15, 0.2) is 18.2 Å². The van der Waals surface area contributed by atoms with Crippen LogP contribution in [-0.2, 0) is 0 Å². The third-order valence-corrected chi connectivity index (χ3v) is 2.78. The number of aryl methyl sites for hydroxylation is 1. The van der Waals surface area contributed by atoms with Crippen molar-refractivity contribution in [2.45, 2.75) is 6.92 Å². The van der Waals surface area contributed by atoms with E-state index in [0.29, 0.717) is 0 Å². The minimum atomic E-state index is 0. The van der Waals surface area contributed by atoms with E-state index in [1.54, 1.807) is 0 Å². The smallest absolute Gasteiger partial charge is 0.115 e. The summed E-state index contributed by atoms with van der Waals surface area (Å²) in [6, 6.07) is 6.21. The average Bonchev–Trinajstić information content (AvgIpc) is 2.68. The molecule has 1 aromatic carbocycles. The van der Waals surface area contributed by atoms with Gasteiger partial charge in [-0.15, -0.1) is 17.5 Å².